The van der Waals surface area contributed by atoms with Gasteiger partial charge in [0.2, 0.25) is 0 Å². The van der Waals surface area contributed by atoms with Gasteiger partial charge < -0.3 is 14.9 Å². The second kappa shape index (κ2) is 9.48. The van der Waals surface area contributed by atoms with Crippen molar-refractivity contribution < 1.29 is 14.9 Å². The van der Waals surface area contributed by atoms with E-state index in [-0.39, 0.29) is 12.5 Å². The fourth-order valence-corrected chi connectivity index (χ4v) is 1.94. The van der Waals surface area contributed by atoms with Crippen molar-refractivity contribution in [2.24, 2.45) is 0 Å². The van der Waals surface area contributed by atoms with Gasteiger partial charge in [-0.15, -0.1) is 13.2 Å². The Hall–Kier alpha value is -1.42. The predicted molar refractivity (Wildman–Crippen MR) is 81.3 cm³/mol. The molecule has 3 heteroatoms. The summed E-state index contributed by atoms with van der Waals surface area (Å²) in [5, 5.41) is 19.7. The van der Waals surface area contributed by atoms with Crippen LogP contribution < -0.4 is 0 Å². The molecule has 0 spiro atoms. The van der Waals surface area contributed by atoms with Crippen LogP contribution in [0, 0.1) is 0 Å². The van der Waals surface area contributed by atoms with Gasteiger partial charge in [-0.3, -0.25) is 0 Å². The highest BCUT2D eigenvalue weighted by molar-refractivity contribution is 5.13. The standard InChI is InChI=1S/C17H24O3/c1-3-5-11-17(16(19)12-15(18)4-2)20-13-14-9-7-6-8-10-14/h3-4,6-10,15-19H,1-2,5,11-13H2/t15-,16+,17-/m0/s1. The normalized spacial score (nSPS) is 15.3. The van der Waals surface area contributed by atoms with Gasteiger partial charge in [-0.05, 0) is 18.4 Å². The van der Waals surface area contributed by atoms with Gasteiger partial charge in [0.15, 0.2) is 0 Å². The SMILES string of the molecule is C=CCC[C@H](OCc1ccccc1)[C@H](O)C[C@@H](O)C=C. The van der Waals surface area contributed by atoms with Gasteiger partial charge in [0.25, 0.3) is 0 Å². The molecule has 0 saturated heterocycles. The number of benzene rings is 1. The van der Waals surface area contributed by atoms with Crippen molar-refractivity contribution in [3.8, 4) is 0 Å². The molecule has 0 aromatic heterocycles. The van der Waals surface area contributed by atoms with Crippen molar-refractivity contribution in [3.63, 3.8) is 0 Å². The number of rotatable bonds is 10. The van der Waals surface area contributed by atoms with Crippen molar-refractivity contribution in [2.45, 2.75) is 44.2 Å². The average Bonchev–Trinajstić information content (AvgIpc) is 2.48. The maximum Gasteiger partial charge on any atom is 0.0842 e. The molecular formula is C17H24O3. The molecule has 0 radical (unpaired) electrons. The van der Waals surface area contributed by atoms with Crippen molar-refractivity contribution in [1.82, 2.24) is 0 Å². The first-order valence-corrected chi connectivity index (χ1v) is 6.92. The van der Waals surface area contributed by atoms with E-state index in [2.05, 4.69) is 13.2 Å². The Kier molecular flexibility index (Phi) is 7.88. The predicted octanol–water partition coefficient (Wildman–Crippen LogP) is 2.84. The summed E-state index contributed by atoms with van der Waals surface area (Å²) < 4.78 is 5.79. The van der Waals surface area contributed by atoms with Gasteiger partial charge in [0.1, 0.15) is 0 Å². The number of aliphatic hydroxyl groups is 2. The van der Waals surface area contributed by atoms with Crippen LogP contribution in [0.15, 0.2) is 55.6 Å². The van der Waals surface area contributed by atoms with Crippen LogP contribution in [0.5, 0.6) is 0 Å². The molecule has 1 aromatic rings. The Morgan fingerprint density at radius 2 is 1.85 bits per heavy atom. The third kappa shape index (κ3) is 6.15. The molecule has 0 unspecified atom stereocenters. The van der Waals surface area contributed by atoms with E-state index >= 15 is 0 Å². The number of hydrogen-bond donors (Lipinski definition) is 2. The van der Waals surface area contributed by atoms with Gasteiger partial charge in [0.05, 0.1) is 24.9 Å². The molecule has 0 saturated carbocycles. The van der Waals surface area contributed by atoms with Gasteiger partial charge in [-0.25, -0.2) is 0 Å². The highest BCUT2D eigenvalue weighted by Gasteiger charge is 2.21. The van der Waals surface area contributed by atoms with Crippen LogP contribution >= 0.6 is 0 Å². The third-order valence-corrected chi connectivity index (χ3v) is 3.15. The zero-order valence-electron chi connectivity index (χ0n) is 11.8. The monoisotopic (exact) mass is 276 g/mol. The fraction of sp³-hybridized carbons (Fsp3) is 0.412. The molecule has 110 valence electrons. The summed E-state index contributed by atoms with van der Waals surface area (Å²) in [6.45, 7) is 7.64. The lowest BCUT2D eigenvalue weighted by Gasteiger charge is -2.24. The van der Waals surface area contributed by atoms with E-state index in [4.69, 9.17) is 4.74 Å². The fourth-order valence-electron chi connectivity index (χ4n) is 1.94. The number of allylic oxidation sites excluding steroid dienone is 1. The molecule has 1 rings (SSSR count). The number of aliphatic hydroxyl groups excluding tert-OH is 2. The summed E-state index contributed by atoms with van der Waals surface area (Å²) in [4.78, 5) is 0. The quantitative estimate of drug-likeness (QED) is 0.646. The van der Waals surface area contributed by atoms with Crippen LogP contribution in [0.3, 0.4) is 0 Å². The zero-order valence-corrected chi connectivity index (χ0v) is 11.8. The second-order valence-electron chi connectivity index (χ2n) is 4.81. The first kappa shape index (κ1) is 16.6. The Morgan fingerprint density at radius 1 is 1.15 bits per heavy atom. The van der Waals surface area contributed by atoms with Gasteiger partial charge in [-0.2, -0.15) is 0 Å². The average molecular weight is 276 g/mol. The molecule has 3 nitrogen and oxygen atoms in total. The highest BCUT2D eigenvalue weighted by atomic mass is 16.5. The van der Waals surface area contributed by atoms with Crippen LogP contribution in [0.2, 0.25) is 0 Å². The van der Waals surface area contributed by atoms with Crippen molar-refractivity contribution in [2.75, 3.05) is 0 Å². The maximum absolute atomic E-state index is 10.1. The summed E-state index contributed by atoms with van der Waals surface area (Å²) in [5.74, 6) is 0. The van der Waals surface area contributed by atoms with Gasteiger partial charge in [0, 0.05) is 6.42 Å². The Labute approximate surface area is 121 Å². The summed E-state index contributed by atoms with van der Waals surface area (Å²) >= 11 is 0. The first-order valence-electron chi connectivity index (χ1n) is 6.92. The molecule has 0 amide bonds. The summed E-state index contributed by atoms with van der Waals surface area (Å²) in [6, 6.07) is 9.82. The molecule has 0 aliphatic carbocycles. The largest absolute Gasteiger partial charge is 0.390 e. The lowest BCUT2D eigenvalue weighted by Crippen LogP contribution is -2.32. The third-order valence-electron chi connectivity index (χ3n) is 3.15. The topological polar surface area (TPSA) is 49.7 Å². The minimum absolute atomic E-state index is 0.236. The molecule has 20 heavy (non-hydrogen) atoms. The minimum Gasteiger partial charge on any atom is -0.390 e. The molecule has 0 aliphatic heterocycles. The van der Waals surface area contributed by atoms with Crippen LogP contribution in [0.25, 0.3) is 0 Å². The second-order valence-corrected chi connectivity index (χ2v) is 4.81. The zero-order chi connectivity index (χ0) is 14.8. The summed E-state index contributed by atoms with van der Waals surface area (Å²) in [6.07, 6.45) is 3.16. The molecule has 0 fully saturated rings. The highest BCUT2D eigenvalue weighted by Crippen LogP contribution is 2.15. The molecule has 3 atom stereocenters. The molecular weight excluding hydrogens is 252 g/mol. The van der Waals surface area contributed by atoms with E-state index in [0.717, 1.165) is 12.0 Å². The van der Waals surface area contributed by atoms with Crippen molar-refractivity contribution >= 4 is 0 Å². The minimum atomic E-state index is -0.716. The van der Waals surface area contributed by atoms with Crippen LogP contribution in [0.4, 0.5) is 0 Å². The number of hydrogen-bond acceptors (Lipinski definition) is 3. The first-order chi connectivity index (χ1) is 9.67. The molecule has 0 heterocycles. The Morgan fingerprint density at radius 3 is 2.45 bits per heavy atom. The molecule has 1 aromatic carbocycles. The Bertz CT molecular complexity index is 388. The van der Waals surface area contributed by atoms with Crippen molar-refractivity contribution in [1.29, 1.82) is 0 Å². The lowest BCUT2D eigenvalue weighted by atomic mass is 10.0. The van der Waals surface area contributed by atoms with Crippen molar-refractivity contribution in [3.05, 3.63) is 61.2 Å². The smallest absolute Gasteiger partial charge is 0.0842 e. The molecule has 2 N–H and O–H groups in total. The van der Waals surface area contributed by atoms with Crippen LogP contribution in [0.1, 0.15) is 24.8 Å². The maximum atomic E-state index is 10.1. The molecule has 0 bridgehead atoms. The van der Waals surface area contributed by atoms with Crippen LogP contribution in [-0.4, -0.2) is 28.5 Å². The van der Waals surface area contributed by atoms with Gasteiger partial charge in [-0.1, -0.05) is 42.5 Å². The number of ether oxygens (including phenoxy) is 1. The van der Waals surface area contributed by atoms with E-state index in [9.17, 15) is 10.2 Å². The van der Waals surface area contributed by atoms with E-state index in [1.807, 2.05) is 30.3 Å². The summed E-state index contributed by atoms with van der Waals surface area (Å²) in [7, 11) is 0. The van der Waals surface area contributed by atoms with E-state index < -0.39 is 12.2 Å². The van der Waals surface area contributed by atoms with E-state index in [0.29, 0.717) is 13.0 Å². The lowest BCUT2D eigenvalue weighted by molar-refractivity contribution is -0.0613. The van der Waals surface area contributed by atoms with E-state index in [1.165, 1.54) is 6.08 Å². The molecule has 0 aliphatic rings. The van der Waals surface area contributed by atoms with E-state index in [1.54, 1.807) is 6.08 Å². The van der Waals surface area contributed by atoms with Crippen LogP contribution in [-0.2, 0) is 11.3 Å². The summed E-state index contributed by atoms with van der Waals surface area (Å²) in [5.41, 5.74) is 1.06. The van der Waals surface area contributed by atoms with Gasteiger partial charge >= 0.3 is 0 Å². The Balaban J connectivity index is 2.54.